The predicted molar refractivity (Wildman–Crippen MR) is 59.1 cm³/mol. The van der Waals surface area contributed by atoms with Crippen LogP contribution in [0.2, 0.25) is 0 Å². The Morgan fingerprint density at radius 3 is 2.53 bits per heavy atom. The van der Waals surface area contributed by atoms with Gasteiger partial charge in [0.15, 0.2) is 0 Å². The summed E-state index contributed by atoms with van der Waals surface area (Å²) in [6.45, 7) is 3.07. The van der Waals surface area contributed by atoms with Crippen LogP contribution >= 0.6 is 0 Å². The molecule has 84 valence electrons. The van der Waals surface area contributed by atoms with Crippen molar-refractivity contribution >= 4 is 0 Å². The lowest BCUT2D eigenvalue weighted by Crippen LogP contribution is -2.22. The van der Waals surface area contributed by atoms with Gasteiger partial charge in [0, 0.05) is 12.6 Å². The van der Waals surface area contributed by atoms with Gasteiger partial charge in [-0.05, 0) is 37.1 Å². The molecule has 1 atom stereocenters. The molecule has 0 saturated carbocycles. The number of nitrogens with one attached hydrogen (secondary N) is 1. The van der Waals surface area contributed by atoms with E-state index in [0.29, 0.717) is 0 Å². The van der Waals surface area contributed by atoms with Gasteiger partial charge in [-0.1, -0.05) is 19.1 Å². The molecule has 2 nitrogen and oxygen atoms in total. The molecule has 0 fully saturated rings. The first-order valence-corrected chi connectivity index (χ1v) is 5.37. The summed E-state index contributed by atoms with van der Waals surface area (Å²) >= 11 is 0. The van der Waals surface area contributed by atoms with E-state index < -0.39 is 0 Å². The molecule has 15 heavy (non-hydrogen) atoms. The monoisotopic (exact) mass is 211 g/mol. The molecule has 1 aromatic carbocycles. The van der Waals surface area contributed by atoms with Crippen molar-refractivity contribution < 1.29 is 9.50 Å². The Labute approximate surface area is 90.1 Å². The predicted octanol–water partition coefficient (Wildman–Crippen LogP) is 2.25. The van der Waals surface area contributed by atoms with Crippen molar-refractivity contribution in [2.24, 2.45) is 0 Å². The van der Waals surface area contributed by atoms with E-state index in [9.17, 15) is 4.39 Å². The van der Waals surface area contributed by atoms with Gasteiger partial charge in [-0.2, -0.15) is 0 Å². The van der Waals surface area contributed by atoms with Crippen LogP contribution in [0.5, 0.6) is 0 Å². The highest BCUT2D eigenvalue weighted by Crippen LogP contribution is 2.16. The van der Waals surface area contributed by atoms with Crippen molar-refractivity contribution in [3.05, 3.63) is 35.6 Å². The van der Waals surface area contributed by atoms with Crippen molar-refractivity contribution in [1.82, 2.24) is 5.32 Å². The van der Waals surface area contributed by atoms with Crippen LogP contribution in [-0.2, 0) is 0 Å². The molecule has 1 rings (SSSR count). The normalized spacial score (nSPS) is 12.7. The Balaban J connectivity index is 2.53. The lowest BCUT2D eigenvalue weighted by atomic mass is 10.0. The summed E-state index contributed by atoms with van der Waals surface area (Å²) in [5, 5.41) is 12.0. The zero-order valence-corrected chi connectivity index (χ0v) is 9.04. The number of aliphatic hydroxyl groups excluding tert-OH is 1. The second kappa shape index (κ2) is 6.53. The first-order valence-electron chi connectivity index (χ1n) is 5.37. The van der Waals surface area contributed by atoms with Crippen molar-refractivity contribution in [3.63, 3.8) is 0 Å². The number of halogens is 1. The zero-order valence-electron chi connectivity index (χ0n) is 9.04. The van der Waals surface area contributed by atoms with Gasteiger partial charge < -0.3 is 10.4 Å². The first-order chi connectivity index (χ1) is 7.27. The lowest BCUT2D eigenvalue weighted by molar-refractivity contribution is 0.283. The van der Waals surface area contributed by atoms with E-state index in [0.717, 1.165) is 24.9 Å². The second-order valence-electron chi connectivity index (χ2n) is 3.54. The van der Waals surface area contributed by atoms with E-state index in [1.54, 1.807) is 12.1 Å². The smallest absolute Gasteiger partial charge is 0.123 e. The molecular formula is C12H18FNO. The minimum absolute atomic E-state index is 0.201. The molecule has 0 radical (unpaired) electrons. The van der Waals surface area contributed by atoms with Crippen LogP contribution in [0.1, 0.15) is 31.4 Å². The Bertz CT molecular complexity index is 273. The molecule has 0 aliphatic carbocycles. The quantitative estimate of drug-likeness (QED) is 0.707. The van der Waals surface area contributed by atoms with Crippen molar-refractivity contribution in [1.29, 1.82) is 0 Å². The number of aliphatic hydroxyl groups is 1. The summed E-state index contributed by atoms with van der Waals surface area (Å²) in [7, 11) is 0. The molecule has 0 unspecified atom stereocenters. The van der Waals surface area contributed by atoms with E-state index in [2.05, 4.69) is 12.2 Å². The number of benzene rings is 1. The molecule has 0 aromatic heterocycles. The molecule has 2 N–H and O–H groups in total. The Morgan fingerprint density at radius 1 is 1.33 bits per heavy atom. The maximum Gasteiger partial charge on any atom is 0.123 e. The molecule has 0 heterocycles. The highest BCUT2D eigenvalue weighted by Gasteiger charge is 2.07. The van der Waals surface area contributed by atoms with E-state index in [-0.39, 0.29) is 18.5 Å². The third kappa shape index (κ3) is 3.98. The summed E-state index contributed by atoms with van der Waals surface area (Å²) < 4.78 is 12.7. The SMILES string of the molecule is CC[C@@H](NCCCO)c1ccc(F)cc1. The van der Waals surface area contributed by atoms with Crippen LogP contribution in [0, 0.1) is 5.82 Å². The van der Waals surface area contributed by atoms with E-state index in [1.807, 2.05) is 0 Å². The van der Waals surface area contributed by atoms with Crippen LogP contribution in [0.25, 0.3) is 0 Å². The fraction of sp³-hybridized carbons (Fsp3) is 0.500. The number of rotatable bonds is 6. The van der Waals surface area contributed by atoms with Crippen LogP contribution in [0.15, 0.2) is 24.3 Å². The molecular weight excluding hydrogens is 193 g/mol. The Hall–Kier alpha value is -0.930. The lowest BCUT2D eigenvalue weighted by Gasteiger charge is -2.17. The van der Waals surface area contributed by atoms with E-state index in [4.69, 9.17) is 5.11 Å². The maximum absolute atomic E-state index is 12.7. The van der Waals surface area contributed by atoms with Crippen LogP contribution in [-0.4, -0.2) is 18.3 Å². The minimum atomic E-state index is -0.205. The van der Waals surface area contributed by atoms with Crippen LogP contribution in [0.4, 0.5) is 4.39 Å². The molecule has 0 aliphatic heterocycles. The standard InChI is InChI=1S/C12H18FNO/c1-2-12(14-8-3-9-15)10-4-6-11(13)7-5-10/h4-7,12,14-15H,2-3,8-9H2,1H3/t12-/m1/s1. The van der Waals surface area contributed by atoms with Gasteiger partial charge in [-0.25, -0.2) is 4.39 Å². The average molecular weight is 211 g/mol. The fourth-order valence-corrected chi connectivity index (χ4v) is 1.55. The molecule has 0 spiro atoms. The third-order valence-corrected chi connectivity index (χ3v) is 2.41. The van der Waals surface area contributed by atoms with Crippen molar-refractivity contribution in [2.45, 2.75) is 25.8 Å². The fourth-order valence-electron chi connectivity index (χ4n) is 1.55. The molecule has 0 saturated heterocycles. The van der Waals surface area contributed by atoms with Gasteiger partial charge in [0.2, 0.25) is 0 Å². The van der Waals surface area contributed by atoms with Gasteiger partial charge in [-0.15, -0.1) is 0 Å². The van der Waals surface area contributed by atoms with Crippen LogP contribution in [0.3, 0.4) is 0 Å². The molecule has 0 aliphatic rings. The van der Waals surface area contributed by atoms with E-state index in [1.165, 1.54) is 12.1 Å². The summed E-state index contributed by atoms with van der Waals surface area (Å²) in [4.78, 5) is 0. The van der Waals surface area contributed by atoms with Crippen LogP contribution < -0.4 is 5.32 Å². The van der Waals surface area contributed by atoms with Gasteiger partial charge in [0.25, 0.3) is 0 Å². The topological polar surface area (TPSA) is 32.3 Å². The number of hydrogen-bond donors (Lipinski definition) is 2. The third-order valence-electron chi connectivity index (χ3n) is 2.41. The highest BCUT2D eigenvalue weighted by molar-refractivity contribution is 5.19. The van der Waals surface area contributed by atoms with Gasteiger partial charge in [-0.3, -0.25) is 0 Å². The molecule has 3 heteroatoms. The Kier molecular flexibility index (Phi) is 5.29. The summed E-state index contributed by atoms with van der Waals surface area (Å²) in [5.41, 5.74) is 1.09. The van der Waals surface area contributed by atoms with Crippen molar-refractivity contribution in [3.8, 4) is 0 Å². The molecule has 0 amide bonds. The summed E-state index contributed by atoms with van der Waals surface area (Å²) in [5.74, 6) is -0.205. The highest BCUT2D eigenvalue weighted by atomic mass is 19.1. The average Bonchev–Trinajstić information content (AvgIpc) is 2.26. The maximum atomic E-state index is 12.7. The second-order valence-corrected chi connectivity index (χ2v) is 3.54. The minimum Gasteiger partial charge on any atom is -0.396 e. The van der Waals surface area contributed by atoms with Gasteiger partial charge in [0.1, 0.15) is 5.82 Å². The summed E-state index contributed by atoms with van der Waals surface area (Å²) in [6.07, 6.45) is 1.70. The summed E-state index contributed by atoms with van der Waals surface area (Å²) in [6, 6.07) is 6.81. The Morgan fingerprint density at radius 2 is 2.00 bits per heavy atom. The van der Waals surface area contributed by atoms with Gasteiger partial charge in [0.05, 0.1) is 0 Å². The largest absolute Gasteiger partial charge is 0.396 e. The zero-order chi connectivity index (χ0) is 11.1. The number of hydrogen-bond acceptors (Lipinski definition) is 2. The first kappa shape index (κ1) is 12.1. The van der Waals surface area contributed by atoms with E-state index >= 15 is 0 Å². The molecule has 1 aromatic rings. The molecule has 0 bridgehead atoms. The van der Waals surface area contributed by atoms with Crippen molar-refractivity contribution in [2.75, 3.05) is 13.2 Å². The van der Waals surface area contributed by atoms with Gasteiger partial charge >= 0.3 is 0 Å².